The highest BCUT2D eigenvalue weighted by molar-refractivity contribution is 7.20. The number of likely N-dealkylation sites (tertiary alicyclic amines) is 1. The lowest BCUT2D eigenvalue weighted by atomic mass is 10.0. The van der Waals surface area contributed by atoms with Crippen molar-refractivity contribution >= 4 is 27.5 Å². The molecule has 3 aromatic rings. The first-order valence-electron chi connectivity index (χ1n) is 9.16. The number of aryl methyl sites for hydroxylation is 1. The zero-order valence-corrected chi connectivity index (χ0v) is 16.0. The van der Waals surface area contributed by atoms with E-state index >= 15 is 0 Å². The Bertz CT molecular complexity index is 1000. The van der Waals surface area contributed by atoms with Crippen molar-refractivity contribution in [3.8, 4) is 0 Å². The van der Waals surface area contributed by atoms with Gasteiger partial charge in [0.2, 0.25) is 0 Å². The number of aromatic amines is 1. The number of amides is 1. The molecular formula is C20H22N4O2S. The summed E-state index contributed by atoms with van der Waals surface area (Å²) in [5, 5.41) is 3.66. The molecule has 0 unspecified atom stereocenters. The predicted molar refractivity (Wildman–Crippen MR) is 107 cm³/mol. The van der Waals surface area contributed by atoms with Crippen LogP contribution in [0.5, 0.6) is 0 Å². The highest BCUT2D eigenvalue weighted by Crippen LogP contribution is 2.26. The Labute approximate surface area is 161 Å². The minimum absolute atomic E-state index is 0.101. The molecule has 27 heavy (non-hydrogen) atoms. The third-order valence-electron chi connectivity index (χ3n) is 5.11. The fraction of sp³-hybridized carbons (Fsp3) is 0.350. The third kappa shape index (κ3) is 3.79. The number of H-pyrrole nitrogens is 1. The van der Waals surface area contributed by atoms with E-state index in [1.807, 2.05) is 13.0 Å². The molecule has 6 nitrogen and oxygen atoms in total. The zero-order chi connectivity index (χ0) is 18.8. The van der Waals surface area contributed by atoms with E-state index in [0.29, 0.717) is 20.7 Å². The number of nitrogens with zero attached hydrogens (tertiary/aromatic N) is 2. The second-order valence-electron chi connectivity index (χ2n) is 6.98. The Morgan fingerprint density at radius 3 is 2.74 bits per heavy atom. The Balaban J connectivity index is 1.38. The number of fused-ring (bicyclic) bond motifs is 1. The number of aromatic nitrogens is 2. The van der Waals surface area contributed by atoms with Crippen LogP contribution in [0.1, 0.15) is 33.6 Å². The molecule has 1 aliphatic heterocycles. The van der Waals surface area contributed by atoms with Gasteiger partial charge in [0.1, 0.15) is 4.83 Å². The molecule has 4 rings (SSSR count). The van der Waals surface area contributed by atoms with Crippen molar-refractivity contribution in [3.63, 3.8) is 0 Å². The molecule has 140 valence electrons. The molecule has 2 N–H and O–H groups in total. The Morgan fingerprint density at radius 1 is 1.30 bits per heavy atom. The van der Waals surface area contributed by atoms with E-state index in [-0.39, 0.29) is 17.5 Å². The van der Waals surface area contributed by atoms with Crippen LogP contribution in [0.2, 0.25) is 0 Å². The molecule has 1 amide bonds. The summed E-state index contributed by atoms with van der Waals surface area (Å²) in [6.45, 7) is 4.69. The summed E-state index contributed by atoms with van der Waals surface area (Å²) in [7, 11) is 0. The highest BCUT2D eigenvalue weighted by Gasteiger charge is 2.24. The van der Waals surface area contributed by atoms with Gasteiger partial charge in [-0.3, -0.25) is 14.5 Å². The summed E-state index contributed by atoms with van der Waals surface area (Å²) < 4.78 is 0. The smallest absolute Gasteiger partial charge is 0.261 e. The highest BCUT2D eigenvalue weighted by atomic mass is 32.1. The lowest BCUT2D eigenvalue weighted by molar-refractivity contribution is 0.0912. The van der Waals surface area contributed by atoms with Crippen LogP contribution in [0.15, 0.2) is 41.5 Å². The van der Waals surface area contributed by atoms with Crippen LogP contribution in [-0.2, 0) is 6.54 Å². The summed E-state index contributed by atoms with van der Waals surface area (Å²) in [5.41, 5.74) is 1.84. The molecule has 1 saturated heterocycles. The fourth-order valence-electron chi connectivity index (χ4n) is 3.62. The molecule has 1 aliphatic rings. The normalized spacial score (nSPS) is 15.9. The van der Waals surface area contributed by atoms with E-state index in [9.17, 15) is 9.59 Å². The van der Waals surface area contributed by atoms with Crippen molar-refractivity contribution < 1.29 is 4.79 Å². The van der Waals surface area contributed by atoms with Gasteiger partial charge in [-0.25, -0.2) is 4.98 Å². The lowest BCUT2D eigenvalue weighted by Crippen LogP contribution is -2.44. The van der Waals surface area contributed by atoms with E-state index in [4.69, 9.17) is 0 Å². The SMILES string of the molecule is Cc1c(C(=O)NC2CCN(Cc3ccccc3)CC2)sc2nc[nH]c(=O)c12. The quantitative estimate of drug-likeness (QED) is 0.727. The summed E-state index contributed by atoms with van der Waals surface area (Å²) in [6.07, 6.45) is 3.24. The molecule has 3 heterocycles. The molecule has 0 atom stereocenters. The molecule has 1 fully saturated rings. The van der Waals surface area contributed by atoms with Gasteiger partial charge >= 0.3 is 0 Å². The molecule has 0 bridgehead atoms. The van der Waals surface area contributed by atoms with Crippen LogP contribution in [0.4, 0.5) is 0 Å². The van der Waals surface area contributed by atoms with Crippen LogP contribution in [0, 0.1) is 6.92 Å². The largest absolute Gasteiger partial charge is 0.349 e. The van der Waals surface area contributed by atoms with E-state index in [0.717, 1.165) is 32.5 Å². The van der Waals surface area contributed by atoms with Gasteiger partial charge in [-0.15, -0.1) is 11.3 Å². The summed E-state index contributed by atoms with van der Waals surface area (Å²) in [6, 6.07) is 10.6. The van der Waals surface area contributed by atoms with E-state index in [1.165, 1.54) is 23.2 Å². The van der Waals surface area contributed by atoms with Gasteiger partial charge in [-0.2, -0.15) is 0 Å². The molecule has 1 aromatic carbocycles. The van der Waals surface area contributed by atoms with Gasteiger partial charge in [-0.05, 0) is 30.9 Å². The van der Waals surface area contributed by atoms with E-state index < -0.39 is 0 Å². The first-order valence-corrected chi connectivity index (χ1v) is 9.97. The van der Waals surface area contributed by atoms with Crippen LogP contribution >= 0.6 is 11.3 Å². The maximum absolute atomic E-state index is 12.7. The fourth-order valence-corrected chi connectivity index (χ4v) is 4.68. The summed E-state index contributed by atoms with van der Waals surface area (Å²) in [5.74, 6) is -0.101. The average Bonchev–Trinajstić information content (AvgIpc) is 3.02. The van der Waals surface area contributed by atoms with Gasteiger partial charge in [0.05, 0.1) is 16.6 Å². The first-order chi connectivity index (χ1) is 13.1. The van der Waals surface area contributed by atoms with Crippen molar-refractivity contribution in [2.75, 3.05) is 13.1 Å². The van der Waals surface area contributed by atoms with Crippen molar-refractivity contribution in [1.82, 2.24) is 20.2 Å². The number of thiophene rings is 1. The number of hydrogen-bond donors (Lipinski definition) is 2. The number of hydrogen-bond acceptors (Lipinski definition) is 5. The van der Waals surface area contributed by atoms with Gasteiger partial charge in [0.25, 0.3) is 11.5 Å². The second kappa shape index (κ2) is 7.62. The molecule has 0 spiro atoms. The number of carbonyl (C=O) groups excluding carboxylic acids is 1. The first kappa shape index (κ1) is 17.9. The number of nitrogens with one attached hydrogen (secondary N) is 2. The van der Waals surface area contributed by atoms with Gasteiger partial charge in [-0.1, -0.05) is 30.3 Å². The number of rotatable bonds is 4. The van der Waals surface area contributed by atoms with Crippen molar-refractivity contribution in [1.29, 1.82) is 0 Å². The molecule has 2 aromatic heterocycles. The predicted octanol–water partition coefficient (Wildman–Crippen LogP) is 2.69. The Hall–Kier alpha value is -2.51. The summed E-state index contributed by atoms with van der Waals surface area (Å²) >= 11 is 1.28. The monoisotopic (exact) mass is 382 g/mol. The topological polar surface area (TPSA) is 78.1 Å². The van der Waals surface area contributed by atoms with Crippen LogP contribution in [0.25, 0.3) is 10.2 Å². The molecule has 0 aliphatic carbocycles. The minimum Gasteiger partial charge on any atom is -0.349 e. The zero-order valence-electron chi connectivity index (χ0n) is 15.2. The molecule has 0 saturated carbocycles. The Kier molecular flexibility index (Phi) is 5.05. The average molecular weight is 382 g/mol. The summed E-state index contributed by atoms with van der Waals surface area (Å²) in [4.78, 5) is 35.1. The maximum Gasteiger partial charge on any atom is 0.261 e. The van der Waals surface area contributed by atoms with Crippen LogP contribution in [0.3, 0.4) is 0 Å². The maximum atomic E-state index is 12.7. The van der Waals surface area contributed by atoms with Gasteiger partial charge < -0.3 is 10.3 Å². The molecule has 0 radical (unpaired) electrons. The van der Waals surface area contributed by atoms with E-state index in [2.05, 4.69) is 44.5 Å². The van der Waals surface area contributed by atoms with Crippen LogP contribution in [-0.4, -0.2) is 39.9 Å². The molecule has 7 heteroatoms. The van der Waals surface area contributed by atoms with Crippen molar-refractivity contribution in [3.05, 3.63) is 63.0 Å². The minimum atomic E-state index is -0.193. The number of benzene rings is 1. The third-order valence-corrected chi connectivity index (χ3v) is 6.31. The van der Waals surface area contributed by atoms with Crippen molar-refractivity contribution in [2.24, 2.45) is 0 Å². The van der Waals surface area contributed by atoms with Crippen molar-refractivity contribution in [2.45, 2.75) is 32.4 Å². The lowest BCUT2D eigenvalue weighted by Gasteiger charge is -2.32. The van der Waals surface area contributed by atoms with E-state index in [1.54, 1.807) is 0 Å². The van der Waals surface area contributed by atoms with Gasteiger partial charge in [0.15, 0.2) is 0 Å². The Morgan fingerprint density at radius 2 is 2.04 bits per heavy atom. The number of piperidine rings is 1. The molecular weight excluding hydrogens is 360 g/mol. The van der Waals surface area contributed by atoms with Gasteiger partial charge in [0, 0.05) is 25.7 Å². The van der Waals surface area contributed by atoms with Crippen LogP contribution < -0.4 is 10.9 Å². The second-order valence-corrected chi connectivity index (χ2v) is 7.98. The number of carbonyl (C=O) groups is 1. The standard InChI is InChI=1S/C20H22N4O2S/c1-13-16-18(25)21-12-22-20(16)27-17(13)19(26)23-15-7-9-24(10-8-15)11-14-5-3-2-4-6-14/h2-6,12,15H,7-11H2,1H3,(H,23,26)(H,21,22,25).